The van der Waals surface area contributed by atoms with Gasteiger partial charge in [0.25, 0.3) is 11.7 Å². The van der Waals surface area contributed by atoms with Crippen LogP contribution in [0.4, 0.5) is 0 Å². The molecule has 1 amide bonds. The standard InChI is InChI=1S/C32H35NO6/c1-21(2)20-38-25-14-15-27(22(3)18-25)30(34)28-29(33(16-9-17-37-4)32(36)31(28)35)23-10-8-13-26(19-23)39-24-11-6-5-7-12-24/h5-8,10-15,18-19,21,29,34H,9,16-17,20H2,1-4H3. The van der Waals surface area contributed by atoms with E-state index in [0.29, 0.717) is 60.5 Å². The number of aryl methyl sites for hydroxylation is 1. The Morgan fingerprint density at radius 3 is 2.38 bits per heavy atom. The van der Waals surface area contributed by atoms with Crippen molar-refractivity contribution in [2.24, 2.45) is 5.92 Å². The lowest BCUT2D eigenvalue weighted by atomic mass is 9.93. The molecule has 1 saturated heterocycles. The van der Waals surface area contributed by atoms with Crippen LogP contribution in [0.25, 0.3) is 5.76 Å². The van der Waals surface area contributed by atoms with Crippen LogP contribution in [0.5, 0.6) is 17.2 Å². The maximum atomic E-state index is 13.4. The lowest BCUT2D eigenvalue weighted by molar-refractivity contribution is -0.140. The van der Waals surface area contributed by atoms with E-state index in [9.17, 15) is 14.7 Å². The molecule has 1 N–H and O–H groups in total. The summed E-state index contributed by atoms with van der Waals surface area (Å²) in [6.45, 7) is 7.28. The lowest BCUT2D eigenvalue weighted by Gasteiger charge is -2.25. The van der Waals surface area contributed by atoms with E-state index >= 15 is 0 Å². The summed E-state index contributed by atoms with van der Waals surface area (Å²) in [5, 5.41) is 11.5. The molecule has 3 aromatic rings. The van der Waals surface area contributed by atoms with E-state index < -0.39 is 17.7 Å². The van der Waals surface area contributed by atoms with Gasteiger partial charge in [0.2, 0.25) is 0 Å². The number of ketones is 1. The Bertz CT molecular complexity index is 1350. The lowest BCUT2D eigenvalue weighted by Crippen LogP contribution is -2.31. The minimum absolute atomic E-state index is 0.0493. The quantitative estimate of drug-likeness (QED) is 0.136. The van der Waals surface area contributed by atoms with Gasteiger partial charge in [0.15, 0.2) is 0 Å². The van der Waals surface area contributed by atoms with Gasteiger partial charge in [-0.15, -0.1) is 0 Å². The minimum atomic E-state index is -0.780. The highest BCUT2D eigenvalue weighted by atomic mass is 16.5. The number of carbonyl (C=O) groups excluding carboxylic acids is 2. The number of ether oxygens (including phenoxy) is 3. The number of Topliss-reactive ketones (excluding diaryl/α,β-unsaturated/α-hetero) is 1. The predicted octanol–water partition coefficient (Wildman–Crippen LogP) is 6.28. The van der Waals surface area contributed by atoms with Gasteiger partial charge in [-0.25, -0.2) is 0 Å². The van der Waals surface area contributed by atoms with E-state index in [-0.39, 0.29) is 11.3 Å². The topological polar surface area (TPSA) is 85.3 Å². The molecule has 7 heteroatoms. The fourth-order valence-electron chi connectivity index (χ4n) is 4.61. The van der Waals surface area contributed by atoms with Crippen LogP contribution >= 0.6 is 0 Å². The predicted molar refractivity (Wildman–Crippen MR) is 150 cm³/mol. The summed E-state index contributed by atoms with van der Waals surface area (Å²) in [6, 6.07) is 21.2. The van der Waals surface area contributed by atoms with Gasteiger partial charge in [0.05, 0.1) is 18.2 Å². The Labute approximate surface area is 229 Å². The molecule has 0 spiro atoms. The van der Waals surface area contributed by atoms with Crippen LogP contribution in [0.2, 0.25) is 0 Å². The zero-order valence-electron chi connectivity index (χ0n) is 22.8. The van der Waals surface area contributed by atoms with Crippen LogP contribution in [0, 0.1) is 12.8 Å². The van der Waals surface area contributed by atoms with Gasteiger partial charge in [-0.3, -0.25) is 9.59 Å². The number of rotatable bonds is 11. The van der Waals surface area contributed by atoms with Crippen LogP contribution in [-0.2, 0) is 14.3 Å². The van der Waals surface area contributed by atoms with E-state index in [1.54, 1.807) is 25.3 Å². The van der Waals surface area contributed by atoms with Crippen LogP contribution in [-0.4, -0.2) is 48.6 Å². The molecule has 1 atom stereocenters. The molecular formula is C32H35NO6. The number of likely N-dealkylation sites (tertiary alicyclic amines) is 1. The fourth-order valence-corrected chi connectivity index (χ4v) is 4.61. The first kappa shape index (κ1) is 27.9. The van der Waals surface area contributed by atoms with Crippen molar-refractivity contribution in [1.82, 2.24) is 4.90 Å². The summed E-state index contributed by atoms with van der Waals surface area (Å²) in [4.78, 5) is 28.1. The number of aliphatic hydroxyl groups excluding tert-OH is 1. The van der Waals surface area contributed by atoms with Crippen LogP contribution < -0.4 is 9.47 Å². The van der Waals surface area contributed by atoms with Crippen molar-refractivity contribution in [3.8, 4) is 17.2 Å². The number of carbonyl (C=O) groups is 2. The number of amides is 1. The smallest absolute Gasteiger partial charge is 0.295 e. The number of hydrogen-bond acceptors (Lipinski definition) is 6. The Morgan fingerprint density at radius 1 is 0.949 bits per heavy atom. The summed E-state index contributed by atoms with van der Waals surface area (Å²) in [5.74, 6) is 0.692. The zero-order valence-corrected chi connectivity index (χ0v) is 22.8. The molecule has 4 rings (SSSR count). The third kappa shape index (κ3) is 6.49. The average Bonchev–Trinajstić information content (AvgIpc) is 3.17. The summed E-state index contributed by atoms with van der Waals surface area (Å²) >= 11 is 0. The van der Waals surface area contributed by atoms with Crippen molar-refractivity contribution in [3.63, 3.8) is 0 Å². The van der Waals surface area contributed by atoms with Crippen LogP contribution in [0.15, 0.2) is 78.4 Å². The van der Waals surface area contributed by atoms with E-state index in [1.165, 1.54) is 4.90 Å². The summed E-state index contributed by atoms with van der Waals surface area (Å²) < 4.78 is 17.0. The third-order valence-electron chi connectivity index (χ3n) is 6.48. The SMILES string of the molecule is COCCCN1C(=O)C(=O)C(=C(O)c2ccc(OCC(C)C)cc2C)C1c1cccc(Oc2ccccc2)c1. The average molecular weight is 530 g/mol. The van der Waals surface area contributed by atoms with Crippen LogP contribution in [0.1, 0.15) is 43.0 Å². The Morgan fingerprint density at radius 2 is 1.69 bits per heavy atom. The van der Waals surface area contributed by atoms with Crippen molar-refractivity contribution < 1.29 is 28.9 Å². The molecular weight excluding hydrogens is 494 g/mol. The van der Waals surface area contributed by atoms with Gasteiger partial charge >= 0.3 is 0 Å². The van der Waals surface area contributed by atoms with Gasteiger partial charge in [0, 0.05) is 25.8 Å². The molecule has 0 radical (unpaired) electrons. The highest BCUT2D eigenvalue weighted by Crippen LogP contribution is 2.41. The zero-order chi connectivity index (χ0) is 27.9. The highest BCUT2D eigenvalue weighted by Gasteiger charge is 2.46. The van der Waals surface area contributed by atoms with Crippen molar-refractivity contribution in [3.05, 3.63) is 95.1 Å². The van der Waals surface area contributed by atoms with E-state index in [4.69, 9.17) is 14.2 Å². The Balaban J connectivity index is 1.76. The third-order valence-corrected chi connectivity index (χ3v) is 6.48. The molecule has 0 aromatic heterocycles. The summed E-state index contributed by atoms with van der Waals surface area (Å²) in [6.07, 6.45) is 0.543. The van der Waals surface area contributed by atoms with E-state index in [2.05, 4.69) is 13.8 Å². The molecule has 7 nitrogen and oxygen atoms in total. The molecule has 3 aromatic carbocycles. The maximum Gasteiger partial charge on any atom is 0.295 e. The van der Waals surface area contributed by atoms with E-state index in [1.807, 2.05) is 61.5 Å². The normalized spacial score (nSPS) is 16.6. The molecule has 0 bridgehead atoms. The number of methoxy groups -OCH3 is 1. The number of hydrogen-bond donors (Lipinski definition) is 1. The van der Waals surface area contributed by atoms with Crippen molar-refractivity contribution in [2.45, 2.75) is 33.2 Å². The molecule has 39 heavy (non-hydrogen) atoms. The van der Waals surface area contributed by atoms with Gasteiger partial charge < -0.3 is 24.2 Å². The molecule has 0 saturated carbocycles. The second-order valence-corrected chi connectivity index (χ2v) is 10.0. The summed E-state index contributed by atoms with van der Waals surface area (Å²) in [7, 11) is 1.59. The van der Waals surface area contributed by atoms with Crippen molar-refractivity contribution in [1.29, 1.82) is 0 Å². The van der Waals surface area contributed by atoms with Gasteiger partial charge in [-0.2, -0.15) is 0 Å². The second-order valence-electron chi connectivity index (χ2n) is 10.0. The molecule has 1 aliphatic heterocycles. The van der Waals surface area contributed by atoms with Gasteiger partial charge in [0.1, 0.15) is 23.0 Å². The molecule has 1 fully saturated rings. The van der Waals surface area contributed by atoms with Gasteiger partial charge in [-0.1, -0.05) is 44.2 Å². The molecule has 1 heterocycles. The maximum absolute atomic E-state index is 13.4. The monoisotopic (exact) mass is 529 g/mol. The first-order valence-electron chi connectivity index (χ1n) is 13.1. The first-order chi connectivity index (χ1) is 18.8. The van der Waals surface area contributed by atoms with Crippen molar-refractivity contribution in [2.75, 3.05) is 26.9 Å². The minimum Gasteiger partial charge on any atom is -0.507 e. The fraction of sp³-hybridized carbons (Fsp3) is 0.312. The largest absolute Gasteiger partial charge is 0.507 e. The summed E-state index contributed by atoms with van der Waals surface area (Å²) in [5.41, 5.74) is 1.92. The Kier molecular flexibility index (Phi) is 9.04. The van der Waals surface area contributed by atoms with Gasteiger partial charge in [-0.05, 0) is 72.9 Å². The Hall–Kier alpha value is -4.10. The molecule has 1 aliphatic rings. The number of para-hydroxylation sites is 1. The number of aliphatic hydroxyl groups is 1. The van der Waals surface area contributed by atoms with E-state index in [0.717, 1.165) is 5.56 Å². The number of nitrogens with zero attached hydrogens (tertiary/aromatic N) is 1. The van der Waals surface area contributed by atoms with Crippen molar-refractivity contribution >= 4 is 17.4 Å². The number of benzene rings is 3. The first-order valence-corrected chi connectivity index (χ1v) is 13.1. The molecule has 204 valence electrons. The molecule has 1 unspecified atom stereocenters. The highest BCUT2D eigenvalue weighted by molar-refractivity contribution is 6.46. The van der Waals surface area contributed by atoms with Crippen LogP contribution in [0.3, 0.4) is 0 Å². The molecule has 0 aliphatic carbocycles. The second kappa shape index (κ2) is 12.6.